The second kappa shape index (κ2) is 13.2. The minimum Gasteiger partial charge on any atom is -0.457 e. The largest absolute Gasteiger partial charge is 0.457 e. The van der Waals surface area contributed by atoms with Crippen LogP contribution in [0.1, 0.15) is 44.5 Å². The minimum absolute atomic E-state index is 0.541. The van der Waals surface area contributed by atoms with Crippen LogP contribution in [0.4, 0.5) is 0 Å². The van der Waals surface area contributed by atoms with Crippen molar-refractivity contribution in [1.82, 2.24) is 9.97 Å². The van der Waals surface area contributed by atoms with Gasteiger partial charge in [0.05, 0.1) is 27.4 Å². The molecule has 0 saturated heterocycles. The number of para-hydroxylation sites is 5. The summed E-state index contributed by atoms with van der Waals surface area (Å²) in [4.78, 5) is 7.97. The second-order valence-electron chi connectivity index (χ2n) is 20.3. The van der Waals surface area contributed by atoms with Gasteiger partial charge in [-0.25, -0.2) is 0 Å². The van der Waals surface area contributed by atoms with E-state index >= 15 is 0 Å². The highest BCUT2D eigenvalue weighted by Crippen LogP contribution is 2.66. The van der Waals surface area contributed by atoms with Crippen LogP contribution in [-0.4, -0.2) is 9.97 Å². The van der Waals surface area contributed by atoms with E-state index in [0.29, 0.717) is 0 Å². The van der Waals surface area contributed by atoms with Crippen LogP contribution in [0.5, 0.6) is 23.0 Å². The molecule has 3 aromatic heterocycles. The standard InChI is InChI=1S/C68H38N2O3/c1-4-18-47-43(15-1)62-52(67(47)49-20-6-10-25-58(49)72-59-26-11-7-21-50(59)67)32-30-41-39-29-28-37(34-55(39)69-64(41)62)38-17-13-23-54-66(38)73-60-27-12-8-22-51(60)68(54)48-19-5-2-16-44(48)63-53(68)33-31-42-45-35-46-40-14-3-9-24-57(40)71-61(46)36-56(45)70-65(42)63/h1-36,69-70H. The van der Waals surface area contributed by atoms with Crippen LogP contribution in [0, 0.1) is 0 Å². The Morgan fingerprint density at radius 1 is 0.301 bits per heavy atom. The van der Waals surface area contributed by atoms with E-state index in [1.54, 1.807) is 0 Å². The van der Waals surface area contributed by atoms with Gasteiger partial charge in [-0.15, -0.1) is 0 Å². The summed E-state index contributed by atoms with van der Waals surface area (Å²) in [5.74, 6) is 3.52. The predicted octanol–water partition coefficient (Wildman–Crippen LogP) is 17.5. The number of aromatic amines is 2. The lowest BCUT2D eigenvalue weighted by atomic mass is 9.65. The summed E-state index contributed by atoms with van der Waals surface area (Å²) in [6.45, 7) is 0. The third-order valence-corrected chi connectivity index (χ3v) is 17.1. The molecule has 2 aliphatic carbocycles. The SMILES string of the molecule is c1ccc2c(c1)Oc1ccccc1C21c2ccccc2-c2c1ccc1c2[nH]c2cc(-c3cccc4c3Oc3ccccc3C43c4ccccc4-c4c3ccc3c4[nH]c4cc5oc6ccccc6c5cc43)ccc21. The molecule has 0 amide bonds. The molecule has 5 heterocycles. The number of hydrogen-bond donors (Lipinski definition) is 2. The fourth-order valence-corrected chi connectivity index (χ4v) is 14.3. The Labute approximate surface area is 417 Å². The molecule has 0 saturated carbocycles. The van der Waals surface area contributed by atoms with Crippen molar-refractivity contribution < 1.29 is 13.9 Å². The molecule has 18 rings (SSSR count). The van der Waals surface area contributed by atoms with Gasteiger partial charge in [0.1, 0.15) is 34.2 Å². The van der Waals surface area contributed by atoms with Gasteiger partial charge in [0.2, 0.25) is 0 Å². The van der Waals surface area contributed by atoms with Crippen molar-refractivity contribution in [3.05, 3.63) is 263 Å². The third-order valence-electron chi connectivity index (χ3n) is 17.1. The fourth-order valence-electron chi connectivity index (χ4n) is 14.3. The van der Waals surface area contributed by atoms with E-state index in [1.807, 2.05) is 12.1 Å². The van der Waals surface area contributed by atoms with Crippen molar-refractivity contribution in [3.63, 3.8) is 0 Å². The van der Waals surface area contributed by atoms with Crippen LogP contribution in [0.3, 0.4) is 0 Å². The molecule has 0 bridgehead atoms. The van der Waals surface area contributed by atoms with Crippen LogP contribution < -0.4 is 9.47 Å². The van der Waals surface area contributed by atoms with Crippen molar-refractivity contribution in [1.29, 1.82) is 0 Å². The summed E-state index contributed by atoms with van der Waals surface area (Å²) in [6.07, 6.45) is 0. The van der Waals surface area contributed by atoms with Gasteiger partial charge in [-0.3, -0.25) is 0 Å². The summed E-state index contributed by atoms with van der Waals surface area (Å²) in [5.41, 5.74) is 21.6. The van der Waals surface area contributed by atoms with E-state index in [9.17, 15) is 0 Å². The first-order chi connectivity index (χ1) is 36.2. The molecule has 5 nitrogen and oxygen atoms in total. The molecule has 2 spiro atoms. The monoisotopic (exact) mass is 930 g/mol. The van der Waals surface area contributed by atoms with Gasteiger partial charge < -0.3 is 23.9 Å². The van der Waals surface area contributed by atoms with E-state index in [0.717, 1.165) is 100 Å². The van der Waals surface area contributed by atoms with Gasteiger partial charge in [0.15, 0.2) is 0 Å². The first kappa shape index (κ1) is 38.2. The molecule has 2 aliphatic heterocycles. The lowest BCUT2D eigenvalue weighted by molar-refractivity contribution is 0.436. The summed E-state index contributed by atoms with van der Waals surface area (Å²) >= 11 is 0. The lowest BCUT2D eigenvalue weighted by Crippen LogP contribution is -2.32. The number of aromatic nitrogens is 2. The Morgan fingerprint density at radius 2 is 0.808 bits per heavy atom. The van der Waals surface area contributed by atoms with Crippen LogP contribution in [0.25, 0.3) is 98.9 Å². The molecule has 338 valence electrons. The number of benzene rings is 11. The van der Waals surface area contributed by atoms with Gasteiger partial charge in [-0.2, -0.15) is 0 Å². The van der Waals surface area contributed by atoms with Crippen LogP contribution in [0.15, 0.2) is 223 Å². The zero-order valence-corrected chi connectivity index (χ0v) is 39.0. The predicted molar refractivity (Wildman–Crippen MR) is 293 cm³/mol. The Morgan fingerprint density at radius 3 is 1.48 bits per heavy atom. The molecule has 0 fully saturated rings. The Hall–Kier alpha value is -9.58. The summed E-state index contributed by atoms with van der Waals surface area (Å²) < 4.78 is 20.3. The summed E-state index contributed by atoms with van der Waals surface area (Å²) in [6, 6.07) is 79.6. The van der Waals surface area contributed by atoms with Gasteiger partial charge >= 0.3 is 0 Å². The van der Waals surface area contributed by atoms with Crippen molar-refractivity contribution in [3.8, 4) is 56.4 Å². The smallest absolute Gasteiger partial charge is 0.140 e. The number of H-pyrrole nitrogens is 2. The Balaban J connectivity index is 0.849. The maximum atomic E-state index is 7.24. The van der Waals surface area contributed by atoms with Crippen LogP contribution >= 0.6 is 0 Å². The molecule has 5 heteroatoms. The number of fused-ring (bicyclic) bond motifs is 29. The number of nitrogens with one attached hydrogen (secondary N) is 2. The molecule has 73 heavy (non-hydrogen) atoms. The lowest BCUT2D eigenvalue weighted by Gasteiger charge is -2.40. The molecular formula is C68H38N2O3. The molecule has 14 aromatic rings. The molecule has 4 aliphatic rings. The van der Waals surface area contributed by atoms with E-state index in [1.165, 1.54) is 66.1 Å². The number of hydrogen-bond acceptors (Lipinski definition) is 3. The van der Waals surface area contributed by atoms with Gasteiger partial charge in [0.25, 0.3) is 0 Å². The maximum absolute atomic E-state index is 7.24. The quantitative estimate of drug-likeness (QED) is 0.172. The van der Waals surface area contributed by atoms with Gasteiger partial charge in [-0.05, 0) is 75.3 Å². The highest BCUT2D eigenvalue weighted by atomic mass is 16.5. The van der Waals surface area contributed by atoms with E-state index in [2.05, 4.69) is 216 Å². The summed E-state index contributed by atoms with van der Waals surface area (Å²) in [5, 5.41) is 7.02. The average Bonchev–Trinajstić information content (AvgIpc) is 4.25. The first-order valence-corrected chi connectivity index (χ1v) is 25.1. The molecule has 11 aromatic carbocycles. The molecule has 1 unspecified atom stereocenters. The number of furan rings is 1. The zero-order valence-electron chi connectivity index (χ0n) is 39.0. The molecule has 1 atom stereocenters. The van der Waals surface area contributed by atoms with Crippen molar-refractivity contribution in [2.45, 2.75) is 10.8 Å². The Bertz CT molecular complexity index is 4790. The fraction of sp³-hybridized carbons (Fsp3) is 0.0294. The van der Waals surface area contributed by atoms with Crippen molar-refractivity contribution in [2.24, 2.45) is 0 Å². The van der Waals surface area contributed by atoms with Crippen molar-refractivity contribution in [2.75, 3.05) is 0 Å². The van der Waals surface area contributed by atoms with E-state index in [-0.39, 0.29) is 0 Å². The molecule has 2 N–H and O–H groups in total. The second-order valence-corrected chi connectivity index (χ2v) is 20.3. The maximum Gasteiger partial charge on any atom is 0.140 e. The number of ether oxygens (including phenoxy) is 2. The minimum atomic E-state index is -0.655. The van der Waals surface area contributed by atoms with Gasteiger partial charge in [0, 0.05) is 82.8 Å². The summed E-state index contributed by atoms with van der Waals surface area (Å²) in [7, 11) is 0. The van der Waals surface area contributed by atoms with Crippen LogP contribution in [-0.2, 0) is 10.8 Å². The average molecular weight is 931 g/mol. The third kappa shape index (κ3) is 4.48. The zero-order chi connectivity index (χ0) is 47.3. The van der Waals surface area contributed by atoms with Crippen molar-refractivity contribution >= 4 is 65.6 Å². The first-order valence-electron chi connectivity index (χ1n) is 25.1. The number of rotatable bonds is 1. The molecule has 0 radical (unpaired) electrons. The van der Waals surface area contributed by atoms with Gasteiger partial charge in [-0.1, -0.05) is 176 Å². The van der Waals surface area contributed by atoms with E-state index in [4.69, 9.17) is 13.9 Å². The van der Waals surface area contributed by atoms with Crippen LogP contribution in [0.2, 0.25) is 0 Å². The highest BCUT2D eigenvalue weighted by Gasteiger charge is 2.53. The molecular weight excluding hydrogens is 893 g/mol. The topological polar surface area (TPSA) is 63.2 Å². The Kier molecular flexibility index (Phi) is 6.92. The highest BCUT2D eigenvalue weighted by molar-refractivity contribution is 6.20. The van der Waals surface area contributed by atoms with E-state index < -0.39 is 10.8 Å². The normalized spacial score (nSPS) is 16.1.